The van der Waals surface area contributed by atoms with Crippen LogP contribution in [0.4, 0.5) is 0 Å². The van der Waals surface area contributed by atoms with Gasteiger partial charge < -0.3 is 5.73 Å². The van der Waals surface area contributed by atoms with E-state index in [2.05, 4.69) is 65.6 Å². The van der Waals surface area contributed by atoms with Gasteiger partial charge >= 0.3 is 0 Å². The standard InChI is InChI=1S/C18H27N.C5H11N/c1-8-19-12(2)13-9-15(17(3,4)5)14-11-18(6,7)16(14)10-13;1-3-5(6)4-2/h9-10H,8,11H2,1-7H3;3H,4,6H2,1-2H3/b;5-3-. The Kier molecular flexibility index (Phi) is 7.05. The Balaban J connectivity index is 0.000000450. The summed E-state index contributed by atoms with van der Waals surface area (Å²) in [7, 11) is 0. The minimum atomic E-state index is 0.211. The molecule has 2 heteroatoms. The molecule has 0 saturated heterocycles. The van der Waals surface area contributed by atoms with Crippen molar-refractivity contribution in [2.45, 2.75) is 86.0 Å². The van der Waals surface area contributed by atoms with Crippen molar-refractivity contribution in [1.29, 1.82) is 0 Å². The van der Waals surface area contributed by atoms with Gasteiger partial charge in [-0.25, -0.2) is 0 Å². The molecule has 25 heavy (non-hydrogen) atoms. The molecule has 0 bridgehead atoms. The van der Waals surface area contributed by atoms with Gasteiger partial charge in [0.1, 0.15) is 0 Å². The Bertz CT molecular complexity index is 655. The van der Waals surface area contributed by atoms with Crippen molar-refractivity contribution in [2.75, 3.05) is 6.54 Å². The summed E-state index contributed by atoms with van der Waals surface area (Å²) >= 11 is 0. The number of aliphatic imine (C=N–C) groups is 1. The van der Waals surface area contributed by atoms with Crippen LogP contribution in [0.25, 0.3) is 0 Å². The Morgan fingerprint density at radius 2 is 1.84 bits per heavy atom. The Labute approximate surface area is 155 Å². The quantitative estimate of drug-likeness (QED) is 0.682. The number of hydrogen-bond donors (Lipinski definition) is 1. The van der Waals surface area contributed by atoms with Crippen molar-refractivity contribution >= 4 is 5.71 Å². The van der Waals surface area contributed by atoms with Crippen LogP contribution in [-0.2, 0) is 17.3 Å². The molecule has 0 atom stereocenters. The first kappa shape index (κ1) is 21.5. The van der Waals surface area contributed by atoms with Gasteiger partial charge in [-0.05, 0) is 78.8 Å². The van der Waals surface area contributed by atoms with Crippen molar-refractivity contribution in [3.8, 4) is 0 Å². The lowest BCUT2D eigenvalue weighted by Gasteiger charge is -2.42. The van der Waals surface area contributed by atoms with Crippen molar-refractivity contribution in [3.63, 3.8) is 0 Å². The van der Waals surface area contributed by atoms with E-state index in [1.54, 1.807) is 5.56 Å². The van der Waals surface area contributed by atoms with Gasteiger partial charge in [0.15, 0.2) is 0 Å². The van der Waals surface area contributed by atoms with Crippen LogP contribution in [0.15, 0.2) is 28.9 Å². The van der Waals surface area contributed by atoms with Gasteiger partial charge in [-0.2, -0.15) is 0 Å². The number of benzene rings is 1. The van der Waals surface area contributed by atoms with E-state index in [0.717, 1.165) is 18.7 Å². The zero-order chi connectivity index (χ0) is 19.4. The molecule has 0 fully saturated rings. The smallest absolute Gasteiger partial charge is 0.0389 e. The van der Waals surface area contributed by atoms with Crippen LogP contribution in [-0.4, -0.2) is 12.3 Å². The average Bonchev–Trinajstić information content (AvgIpc) is 2.52. The summed E-state index contributed by atoms with van der Waals surface area (Å²) in [6.45, 7) is 20.7. The molecule has 1 aliphatic rings. The second-order valence-electron chi connectivity index (χ2n) is 8.64. The fraction of sp³-hybridized carbons (Fsp3) is 0.609. The molecule has 0 saturated carbocycles. The lowest BCUT2D eigenvalue weighted by molar-refractivity contribution is 0.438. The van der Waals surface area contributed by atoms with E-state index in [-0.39, 0.29) is 5.41 Å². The summed E-state index contributed by atoms with van der Waals surface area (Å²) in [6, 6.07) is 4.73. The van der Waals surface area contributed by atoms with Gasteiger partial charge in [0.2, 0.25) is 0 Å². The Hall–Kier alpha value is -1.57. The van der Waals surface area contributed by atoms with Crippen LogP contribution in [0.1, 0.15) is 91.0 Å². The highest BCUT2D eigenvalue weighted by atomic mass is 14.7. The Morgan fingerprint density at radius 1 is 1.24 bits per heavy atom. The minimum Gasteiger partial charge on any atom is -0.402 e. The van der Waals surface area contributed by atoms with Gasteiger partial charge in [0, 0.05) is 18.0 Å². The number of fused-ring (bicyclic) bond motifs is 1. The first-order valence-corrected chi connectivity index (χ1v) is 9.57. The summed E-state index contributed by atoms with van der Waals surface area (Å²) in [5.74, 6) is 0. The second kappa shape index (κ2) is 8.21. The third-order valence-electron chi connectivity index (χ3n) is 5.00. The van der Waals surface area contributed by atoms with Crippen LogP contribution in [0, 0.1) is 0 Å². The summed E-state index contributed by atoms with van der Waals surface area (Å²) in [5, 5.41) is 0. The highest BCUT2D eigenvalue weighted by Crippen LogP contribution is 2.46. The molecule has 1 aromatic carbocycles. The molecule has 0 heterocycles. The highest BCUT2D eigenvalue weighted by Gasteiger charge is 2.38. The highest BCUT2D eigenvalue weighted by molar-refractivity contribution is 5.99. The molecule has 2 rings (SSSR count). The first-order valence-electron chi connectivity index (χ1n) is 9.57. The van der Waals surface area contributed by atoms with Crippen molar-refractivity contribution < 1.29 is 0 Å². The molecule has 0 amide bonds. The second-order valence-corrected chi connectivity index (χ2v) is 8.64. The molecular weight excluding hydrogens is 304 g/mol. The molecule has 0 spiro atoms. The predicted molar refractivity (Wildman–Crippen MR) is 113 cm³/mol. The predicted octanol–water partition coefficient (Wildman–Crippen LogP) is 5.91. The van der Waals surface area contributed by atoms with Crippen molar-refractivity contribution in [1.82, 2.24) is 0 Å². The maximum atomic E-state index is 5.33. The fourth-order valence-electron chi connectivity index (χ4n) is 3.31. The van der Waals surface area contributed by atoms with Gasteiger partial charge in [0.05, 0.1) is 0 Å². The topological polar surface area (TPSA) is 38.4 Å². The van der Waals surface area contributed by atoms with E-state index < -0.39 is 0 Å². The zero-order valence-corrected chi connectivity index (χ0v) is 17.9. The maximum Gasteiger partial charge on any atom is 0.0389 e. The molecule has 0 aliphatic heterocycles. The number of allylic oxidation sites excluding steroid dienone is 2. The molecule has 140 valence electrons. The monoisotopic (exact) mass is 342 g/mol. The lowest BCUT2D eigenvalue weighted by Crippen LogP contribution is -2.36. The van der Waals surface area contributed by atoms with Gasteiger partial charge in [-0.3, -0.25) is 4.99 Å². The van der Waals surface area contributed by atoms with Gasteiger partial charge in [-0.1, -0.05) is 47.6 Å². The van der Waals surface area contributed by atoms with Crippen LogP contribution in [0.2, 0.25) is 0 Å². The largest absolute Gasteiger partial charge is 0.402 e. The first-order chi connectivity index (χ1) is 11.5. The van der Waals surface area contributed by atoms with Gasteiger partial charge in [0.25, 0.3) is 0 Å². The lowest BCUT2D eigenvalue weighted by atomic mass is 9.62. The van der Waals surface area contributed by atoms with Gasteiger partial charge in [-0.15, -0.1) is 0 Å². The molecule has 1 aromatic rings. The van der Waals surface area contributed by atoms with Crippen LogP contribution in [0.5, 0.6) is 0 Å². The number of hydrogen-bond acceptors (Lipinski definition) is 2. The van der Waals surface area contributed by atoms with E-state index in [1.807, 2.05) is 19.9 Å². The molecule has 2 N–H and O–H groups in total. The zero-order valence-electron chi connectivity index (χ0n) is 17.9. The molecule has 0 aromatic heterocycles. The third kappa shape index (κ3) is 5.20. The average molecular weight is 343 g/mol. The SMILES string of the molecule is C/C=C(\N)CC.CCN=C(C)c1cc(C(C)(C)C)c2c(c1)C(C)(C)C2. The summed E-state index contributed by atoms with van der Waals surface area (Å²) in [6.07, 6.45) is 4.09. The Morgan fingerprint density at radius 3 is 2.20 bits per heavy atom. The van der Waals surface area contributed by atoms with E-state index in [1.165, 1.54) is 28.8 Å². The molecule has 0 unspecified atom stereocenters. The summed E-state index contributed by atoms with van der Waals surface area (Å²) in [5.41, 5.74) is 13.9. The molecular formula is C23H38N2. The van der Waals surface area contributed by atoms with Crippen LogP contribution < -0.4 is 5.73 Å². The van der Waals surface area contributed by atoms with Crippen LogP contribution >= 0.6 is 0 Å². The van der Waals surface area contributed by atoms with E-state index >= 15 is 0 Å². The van der Waals surface area contributed by atoms with E-state index in [9.17, 15) is 0 Å². The number of nitrogens with two attached hydrogens (primary N) is 1. The third-order valence-corrected chi connectivity index (χ3v) is 5.00. The fourth-order valence-corrected chi connectivity index (χ4v) is 3.31. The van der Waals surface area contributed by atoms with Crippen LogP contribution in [0.3, 0.4) is 0 Å². The molecule has 2 nitrogen and oxygen atoms in total. The molecule has 1 aliphatic carbocycles. The normalized spacial score (nSPS) is 16.5. The minimum absolute atomic E-state index is 0.211. The maximum absolute atomic E-state index is 5.33. The number of nitrogens with zero attached hydrogens (tertiary/aromatic N) is 1. The summed E-state index contributed by atoms with van der Waals surface area (Å²) in [4.78, 5) is 4.58. The van der Waals surface area contributed by atoms with E-state index in [0.29, 0.717) is 5.41 Å². The van der Waals surface area contributed by atoms with Crippen molar-refractivity contribution in [3.05, 3.63) is 46.2 Å². The van der Waals surface area contributed by atoms with Crippen molar-refractivity contribution in [2.24, 2.45) is 10.7 Å². The van der Waals surface area contributed by atoms with E-state index in [4.69, 9.17) is 5.73 Å². The summed E-state index contributed by atoms with van der Waals surface area (Å²) < 4.78 is 0. The molecule has 0 radical (unpaired) electrons. The number of rotatable bonds is 3.